The number of benzene rings is 1. The molecule has 0 unspecified atom stereocenters. The highest BCUT2D eigenvalue weighted by Gasteiger charge is 2.56. The summed E-state index contributed by atoms with van der Waals surface area (Å²) in [7, 11) is 0. The Kier molecular flexibility index (Phi) is 5.16. The van der Waals surface area contributed by atoms with Gasteiger partial charge in [-0.1, -0.05) is 11.6 Å². The van der Waals surface area contributed by atoms with E-state index in [2.05, 4.69) is 35.8 Å². The van der Waals surface area contributed by atoms with Crippen LogP contribution in [-0.2, 0) is 4.79 Å². The summed E-state index contributed by atoms with van der Waals surface area (Å²) >= 11 is 6.33. The van der Waals surface area contributed by atoms with Gasteiger partial charge in [0.25, 0.3) is 0 Å². The van der Waals surface area contributed by atoms with Gasteiger partial charge < -0.3 is 15.2 Å². The molecule has 2 N–H and O–H groups in total. The van der Waals surface area contributed by atoms with Crippen molar-refractivity contribution in [1.29, 1.82) is 0 Å². The summed E-state index contributed by atoms with van der Waals surface area (Å²) in [6, 6.07) is 8.81. The van der Waals surface area contributed by atoms with Crippen molar-refractivity contribution >= 4 is 28.9 Å². The van der Waals surface area contributed by atoms with E-state index in [0.717, 1.165) is 54.8 Å². The molecule has 3 aromatic heterocycles. The zero-order chi connectivity index (χ0) is 27.0. The highest BCUT2D eigenvalue weighted by molar-refractivity contribution is 6.30. The molecule has 1 saturated heterocycles. The Labute approximate surface area is 233 Å². The van der Waals surface area contributed by atoms with Gasteiger partial charge >= 0.3 is 0 Å². The maximum absolute atomic E-state index is 15.0. The molecular formula is C28H25ClFN9O. The fourth-order valence-corrected chi connectivity index (χ4v) is 7.07. The van der Waals surface area contributed by atoms with Crippen molar-refractivity contribution in [2.24, 2.45) is 5.92 Å². The van der Waals surface area contributed by atoms with Gasteiger partial charge in [0, 0.05) is 28.2 Å². The maximum atomic E-state index is 15.0. The molecule has 12 heteroatoms. The Hall–Kier alpha value is -4.12. The number of nitrogens with one attached hydrogen (secondary N) is 2. The first-order chi connectivity index (χ1) is 19.4. The zero-order valence-electron chi connectivity index (χ0n) is 21.4. The lowest BCUT2D eigenvalue weighted by Crippen LogP contribution is -2.63. The fourth-order valence-electron chi connectivity index (χ4n) is 6.90. The average Bonchev–Trinajstić information content (AvgIpc) is 3.66. The highest BCUT2D eigenvalue weighted by Crippen LogP contribution is 2.58. The number of pyridine rings is 1. The third-order valence-corrected chi connectivity index (χ3v) is 9.13. The van der Waals surface area contributed by atoms with E-state index >= 15 is 4.39 Å². The predicted octanol–water partition coefficient (Wildman–Crippen LogP) is 4.72. The number of fused-ring (bicyclic) bond motifs is 1. The van der Waals surface area contributed by atoms with Gasteiger partial charge in [-0.3, -0.25) is 4.79 Å². The van der Waals surface area contributed by atoms with Crippen LogP contribution in [0.2, 0.25) is 5.02 Å². The molecule has 0 radical (unpaired) electrons. The predicted molar refractivity (Wildman–Crippen MR) is 145 cm³/mol. The van der Waals surface area contributed by atoms with Crippen LogP contribution in [0.1, 0.15) is 56.0 Å². The van der Waals surface area contributed by atoms with E-state index in [1.807, 2.05) is 23.1 Å². The van der Waals surface area contributed by atoms with E-state index < -0.39 is 5.95 Å². The van der Waals surface area contributed by atoms with Crippen LogP contribution < -0.4 is 5.32 Å². The Bertz CT molecular complexity index is 1670. The summed E-state index contributed by atoms with van der Waals surface area (Å²) in [4.78, 5) is 27.4. The zero-order valence-corrected chi connectivity index (χ0v) is 22.1. The smallest absolute Gasteiger partial charge is 0.247 e. The largest absolute Gasteiger partial charge is 0.365 e. The molecule has 9 rings (SSSR count). The number of aromatic amines is 1. The molecule has 202 valence electrons. The third-order valence-electron chi connectivity index (χ3n) is 8.89. The topological polar surface area (TPSA) is 118 Å². The molecule has 3 saturated carbocycles. The summed E-state index contributed by atoms with van der Waals surface area (Å²) in [5.74, 6) is 1.41. The van der Waals surface area contributed by atoms with E-state index in [9.17, 15) is 4.79 Å². The number of tetrazole rings is 1. The van der Waals surface area contributed by atoms with Gasteiger partial charge in [0.2, 0.25) is 11.9 Å². The molecule has 3 aliphatic carbocycles. The van der Waals surface area contributed by atoms with E-state index in [0.29, 0.717) is 34.3 Å². The molecule has 10 nitrogen and oxygen atoms in total. The van der Waals surface area contributed by atoms with Crippen molar-refractivity contribution in [3.63, 3.8) is 0 Å². The van der Waals surface area contributed by atoms with Crippen molar-refractivity contribution in [3.8, 4) is 16.9 Å². The Balaban J connectivity index is 1.04. The van der Waals surface area contributed by atoms with Gasteiger partial charge in [0.05, 0.1) is 29.2 Å². The molecule has 40 heavy (non-hydrogen) atoms. The number of amides is 1. The highest BCUT2D eigenvalue weighted by atomic mass is 35.5. The van der Waals surface area contributed by atoms with Crippen LogP contribution in [0.4, 0.5) is 10.2 Å². The maximum Gasteiger partial charge on any atom is 0.247 e. The lowest BCUT2D eigenvalue weighted by atomic mass is 9.50. The quantitative estimate of drug-likeness (QED) is 0.329. The molecule has 1 aromatic carbocycles. The number of hydrogen-bond donors (Lipinski definition) is 2. The molecule has 4 aromatic rings. The molecule has 2 aliphatic heterocycles. The lowest BCUT2D eigenvalue weighted by molar-refractivity contribution is -0.129. The van der Waals surface area contributed by atoms with E-state index in [1.165, 1.54) is 6.33 Å². The molecule has 5 heterocycles. The van der Waals surface area contributed by atoms with Crippen molar-refractivity contribution in [2.75, 3.05) is 5.32 Å². The number of H-pyrrole nitrogens is 1. The summed E-state index contributed by atoms with van der Waals surface area (Å²) in [5, 5.41) is 15.5. The lowest BCUT2D eigenvalue weighted by Gasteiger charge is -2.62. The number of hydrogen-bond acceptors (Lipinski definition) is 7. The number of nitrogens with zero attached hydrogens (tertiary/aromatic N) is 7. The standard InChI is InChI=1S/C28H25ClFN9O/c29-17-1-4-22(38-14-32-36-37-38)20(9-17)16-7-18-2-5-23(39(18)25(40)8-16)27-31-13-21(33-27)19-3-6-24(34-26(19)30)35-28-10-15(11-28)12-28/h1,3-4,6,8-9,13-15,18,23H,2,5,7,10-12H2,(H,31,33)(H,34,35)/t15?,18-,23+,28?/m1/s1. The summed E-state index contributed by atoms with van der Waals surface area (Å²) < 4.78 is 16.6. The van der Waals surface area contributed by atoms with E-state index in [4.69, 9.17) is 11.6 Å². The molecule has 4 fully saturated rings. The van der Waals surface area contributed by atoms with Gasteiger partial charge in [0.15, 0.2) is 0 Å². The van der Waals surface area contributed by atoms with Gasteiger partial charge in [-0.05, 0) is 90.8 Å². The summed E-state index contributed by atoms with van der Waals surface area (Å²) in [6.07, 6.45) is 10.5. The minimum Gasteiger partial charge on any atom is -0.365 e. The SMILES string of the molecule is O=C1C=C(c2cc(Cl)ccc2-n2cnnn2)C[C@H]2CC[C@@H](c3ncc(-c4ccc(NC56CC(C5)C6)nc4F)[nH]3)N12. The van der Waals surface area contributed by atoms with Gasteiger partial charge in [-0.25, -0.2) is 9.97 Å². The third kappa shape index (κ3) is 3.75. The van der Waals surface area contributed by atoms with Crippen LogP contribution in [-0.4, -0.2) is 57.5 Å². The van der Waals surface area contributed by atoms with Crippen LogP contribution in [0.25, 0.3) is 22.5 Å². The Morgan fingerprint density at radius 1 is 1.12 bits per heavy atom. The Morgan fingerprint density at radius 2 is 2.00 bits per heavy atom. The van der Waals surface area contributed by atoms with Crippen LogP contribution in [0.15, 0.2) is 48.9 Å². The van der Waals surface area contributed by atoms with Crippen molar-refractivity contribution in [3.05, 3.63) is 71.3 Å². The van der Waals surface area contributed by atoms with Gasteiger partial charge in [-0.15, -0.1) is 5.10 Å². The van der Waals surface area contributed by atoms with Crippen molar-refractivity contribution < 1.29 is 9.18 Å². The van der Waals surface area contributed by atoms with Crippen molar-refractivity contribution in [1.82, 2.24) is 40.1 Å². The van der Waals surface area contributed by atoms with Crippen LogP contribution in [0, 0.1) is 11.9 Å². The molecule has 0 spiro atoms. The summed E-state index contributed by atoms with van der Waals surface area (Å²) in [5.41, 5.74) is 3.51. The van der Waals surface area contributed by atoms with E-state index in [-0.39, 0.29) is 23.5 Å². The summed E-state index contributed by atoms with van der Waals surface area (Å²) in [6.45, 7) is 0. The van der Waals surface area contributed by atoms with Crippen LogP contribution in [0.3, 0.4) is 0 Å². The Morgan fingerprint density at radius 3 is 2.75 bits per heavy atom. The average molecular weight is 558 g/mol. The number of anilines is 1. The number of halogens is 2. The normalized spacial score (nSPS) is 26.6. The first-order valence-corrected chi connectivity index (χ1v) is 13.9. The minimum absolute atomic E-state index is 0.00694. The number of carbonyl (C=O) groups is 1. The first kappa shape index (κ1) is 23.7. The molecule has 2 atom stereocenters. The first-order valence-electron chi connectivity index (χ1n) is 13.5. The fraction of sp³-hybridized carbons (Fsp3) is 0.357. The molecule has 1 amide bonds. The number of imidazole rings is 1. The number of aromatic nitrogens is 7. The second-order valence-electron chi connectivity index (χ2n) is 11.4. The van der Waals surface area contributed by atoms with Gasteiger partial charge in [-0.2, -0.15) is 9.07 Å². The van der Waals surface area contributed by atoms with Crippen molar-refractivity contribution in [2.45, 2.75) is 56.1 Å². The molecular weight excluding hydrogens is 533 g/mol. The number of carbonyl (C=O) groups excluding carboxylic acids is 1. The molecule has 5 aliphatic rings. The minimum atomic E-state index is -0.544. The van der Waals surface area contributed by atoms with Gasteiger partial charge in [0.1, 0.15) is 18.0 Å². The van der Waals surface area contributed by atoms with Crippen LogP contribution >= 0.6 is 11.6 Å². The van der Waals surface area contributed by atoms with Crippen LogP contribution in [0.5, 0.6) is 0 Å². The molecule has 2 bridgehead atoms. The second kappa shape index (κ2) is 8.69. The monoisotopic (exact) mass is 557 g/mol. The van der Waals surface area contributed by atoms with E-state index in [1.54, 1.807) is 29.1 Å². The second-order valence-corrected chi connectivity index (χ2v) is 11.8. The number of rotatable bonds is 6.